The number of H-pyrrole nitrogens is 2. The number of amides is 1. The molecule has 0 saturated heterocycles. The monoisotopic (exact) mass is 592 g/mol. The van der Waals surface area contributed by atoms with Crippen molar-refractivity contribution in [3.8, 4) is 33.9 Å². The van der Waals surface area contributed by atoms with Crippen LogP contribution in [0.3, 0.4) is 0 Å². The Labute approximate surface area is 253 Å². The molecule has 11 nitrogen and oxygen atoms in total. The molecule has 1 aromatic carbocycles. The van der Waals surface area contributed by atoms with Gasteiger partial charge in [-0.1, -0.05) is 13.3 Å². The van der Waals surface area contributed by atoms with E-state index < -0.39 is 0 Å². The summed E-state index contributed by atoms with van der Waals surface area (Å²) in [5.41, 5.74) is 6.61. The Kier molecular flexibility index (Phi) is 8.24. The van der Waals surface area contributed by atoms with E-state index in [0.29, 0.717) is 58.3 Å². The van der Waals surface area contributed by atoms with Crippen molar-refractivity contribution in [3.05, 3.63) is 67.0 Å². The van der Waals surface area contributed by atoms with Gasteiger partial charge in [-0.15, -0.1) is 0 Å². The fourth-order valence-electron chi connectivity index (χ4n) is 4.98. The molecule has 44 heavy (non-hydrogen) atoms. The average Bonchev–Trinajstić information content (AvgIpc) is 3.63. The van der Waals surface area contributed by atoms with Crippen LogP contribution < -0.4 is 10.6 Å². The van der Waals surface area contributed by atoms with E-state index in [1.165, 1.54) is 12.1 Å². The normalized spacial score (nSPS) is 11.5. The third kappa shape index (κ3) is 6.25. The Morgan fingerprint density at radius 3 is 2.66 bits per heavy atom. The number of likely N-dealkylation sites (N-methyl/N-ethyl adjacent to an activating group) is 1. The lowest BCUT2D eigenvalue weighted by atomic mass is 10.1. The number of unbranched alkanes of at least 4 members (excludes halogenated alkanes) is 1. The molecule has 1 amide bonds. The number of fused-ring (bicyclic) bond motifs is 2. The van der Waals surface area contributed by atoms with Crippen LogP contribution in [0.15, 0.2) is 61.2 Å². The van der Waals surface area contributed by atoms with Gasteiger partial charge in [0.2, 0.25) is 5.91 Å². The SMILES string of the molecule is CCCCC(=O)Nc1cncc(-c2cnc3[nH]nc(-c4nc5c(-c6cc(F)cc(NCCN(C)C)c6)nccc5[nH]4)c3c2)c1. The maximum absolute atomic E-state index is 14.7. The van der Waals surface area contributed by atoms with Crippen LogP contribution in [-0.2, 0) is 4.79 Å². The Morgan fingerprint density at radius 1 is 0.977 bits per heavy atom. The number of anilines is 2. The fraction of sp³-hybridized carbons (Fsp3) is 0.250. The fourth-order valence-corrected chi connectivity index (χ4v) is 4.98. The zero-order valence-electron chi connectivity index (χ0n) is 24.8. The van der Waals surface area contributed by atoms with E-state index in [-0.39, 0.29) is 11.7 Å². The molecule has 4 N–H and O–H groups in total. The number of benzene rings is 1. The summed E-state index contributed by atoms with van der Waals surface area (Å²) in [7, 11) is 3.98. The lowest BCUT2D eigenvalue weighted by Gasteiger charge is -2.12. The summed E-state index contributed by atoms with van der Waals surface area (Å²) in [6.07, 6.45) is 9.02. The highest BCUT2D eigenvalue weighted by Crippen LogP contribution is 2.33. The van der Waals surface area contributed by atoms with Crippen LogP contribution in [0.25, 0.3) is 56.0 Å². The van der Waals surface area contributed by atoms with Crippen LogP contribution in [0.5, 0.6) is 0 Å². The van der Waals surface area contributed by atoms with Gasteiger partial charge < -0.3 is 20.5 Å². The number of aromatic nitrogens is 7. The van der Waals surface area contributed by atoms with Gasteiger partial charge in [0.25, 0.3) is 0 Å². The molecule has 5 aromatic heterocycles. The standard InChI is InChI=1S/C32H33FN10O/c1-4-5-6-27(44)38-24-13-20(16-34-18-24)21-14-25-29(41-42-31(25)37-17-21)32-39-26-7-8-36-28(30(26)40-32)19-11-22(33)15-23(12-19)35-9-10-43(2)3/h7-8,11-18,35H,4-6,9-10H2,1-3H3,(H,38,44)(H,39,40)(H,37,41,42). The van der Waals surface area contributed by atoms with Gasteiger partial charge in [-0.2, -0.15) is 5.10 Å². The van der Waals surface area contributed by atoms with E-state index in [2.05, 4.69) is 52.6 Å². The molecule has 0 aliphatic heterocycles. The van der Waals surface area contributed by atoms with Gasteiger partial charge in [-0.25, -0.2) is 14.4 Å². The molecular weight excluding hydrogens is 559 g/mol. The smallest absolute Gasteiger partial charge is 0.224 e. The molecule has 224 valence electrons. The molecule has 12 heteroatoms. The van der Waals surface area contributed by atoms with E-state index in [0.717, 1.165) is 41.4 Å². The number of imidazole rings is 1. The number of nitrogens with zero attached hydrogens (tertiary/aromatic N) is 6. The lowest BCUT2D eigenvalue weighted by Crippen LogP contribution is -2.20. The number of rotatable bonds is 11. The third-order valence-corrected chi connectivity index (χ3v) is 7.21. The van der Waals surface area contributed by atoms with Crippen molar-refractivity contribution in [3.63, 3.8) is 0 Å². The number of nitrogens with one attached hydrogen (secondary N) is 4. The minimum absolute atomic E-state index is 0.0368. The summed E-state index contributed by atoms with van der Waals surface area (Å²) >= 11 is 0. The molecule has 0 bridgehead atoms. The number of aromatic amines is 2. The Morgan fingerprint density at radius 2 is 1.82 bits per heavy atom. The minimum Gasteiger partial charge on any atom is -0.384 e. The predicted octanol–water partition coefficient (Wildman–Crippen LogP) is 5.87. The molecule has 0 aliphatic rings. The number of hydrogen-bond donors (Lipinski definition) is 4. The van der Waals surface area contributed by atoms with Gasteiger partial charge in [0.1, 0.15) is 17.0 Å². The van der Waals surface area contributed by atoms with Gasteiger partial charge in [-0.3, -0.25) is 19.9 Å². The zero-order valence-corrected chi connectivity index (χ0v) is 24.8. The van der Waals surface area contributed by atoms with Crippen LogP contribution in [0.2, 0.25) is 0 Å². The van der Waals surface area contributed by atoms with Crippen molar-refractivity contribution in [1.82, 2.24) is 40.0 Å². The second-order valence-electron chi connectivity index (χ2n) is 10.9. The van der Waals surface area contributed by atoms with Gasteiger partial charge >= 0.3 is 0 Å². The van der Waals surface area contributed by atoms with Crippen molar-refractivity contribution in [2.75, 3.05) is 37.8 Å². The zero-order chi connectivity index (χ0) is 30.6. The van der Waals surface area contributed by atoms with Crippen molar-refractivity contribution in [2.24, 2.45) is 0 Å². The molecule has 6 rings (SSSR count). The van der Waals surface area contributed by atoms with Crippen LogP contribution in [0.4, 0.5) is 15.8 Å². The number of carbonyl (C=O) groups is 1. The molecule has 0 radical (unpaired) electrons. The Balaban J connectivity index is 1.33. The van der Waals surface area contributed by atoms with Gasteiger partial charge in [-0.05, 0) is 56.9 Å². The molecule has 5 heterocycles. The van der Waals surface area contributed by atoms with Crippen LogP contribution in [0.1, 0.15) is 26.2 Å². The first-order chi connectivity index (χ1) is 21.4. The molecule has 0 spiro atoms. The number of hydrogen-bond acceptors (Lipinski definition) is 8. The Hall–Kier alpha value is -5.23. The minimum atomic E-state index is -0.361. The van der Waals surface area contributed by atoms with E-state index in [9.17, 15) is 9.18 Å². The summed E-state index contributed by atoms with van der Waals surface area (Å²) in [6.45, 7) is 3.54. The quantitative estimate of drug-likeness (QED) is 0.147. The molecule has 0 saturated carbocycles. The number of pyridine rings is 3. The summed E-state index contributed by atoms with van der Waals surface area (Å²) < 4.78 is 14.7. The molecule has 0 unspecified atom stereocenters. The van der Waals surface area contributed by atoms with Crippen LogP contribution in [0, 0.1) is 5.82 Å². The summed E-state index contributed by atoms with van der Waals surface area (Å²) in [5, 5.41) is 14.5. The van der Waals surface area contributed by atoms with Crippen LogP contribution >= 0.6 is 0 Å². The number of carbonyl (C=O) groups excluding carboxylic acids is 1. The maximum atomic E-state index is 14.7. The van der Waals surface area contributed by atoms with Gasteiger partial charge in [0.05, 0.1) is 28.5 Å². The number of halogens is 1. The van der Waals surface area contributed by atoms with Gasteiger partial charge in [0, 0.05) is 60.5 Å². The Bertz CT molecular complexity index is 1950. The maximum Gasteiger partial charge on any atom is 0.224 e. The molecule has 0 fully saturated rings. The first-order valence-corrected chi connectivity index (χ1v) is 14.5. The molecule has 0 aliphatic carbocycles. The van der Waals surface area contributed by atoms with E-state index in [1.54, 1.807) is 24.8 Å². The summed E-state index contributed by atoms with van der Waals surface area (Å²) in [5.74, 6) is 0.126. The highest BCUT2D eigenvalue weighted by atomic mass is 19.1. The van der Waals surface area contributed by atoms with Crippen molar-refractivity contribution >= 4 is 39.3 Å². The largest absolute Gasteiger partial charge is 0.384 e. The predicted molar refractivity (Wildman–Crippen MR) is 171 cm³/mol. The summed E-state index contributed by atoms with van der Waals surface area (Å²) in [4.78, 5) is 36.0. The highest BCUT2D eigenvalue weighted by Gasteiger charge is 2.18. The highest BCUT2D eigenvalue weighted by molar-refractivity contribution is 5.97. The molecular formula is C32H33FN10O. The van der Waals surface area contributed by atoms with Crippen molar-refractivity contribution < 1.29 is 9.18 Å². The van der Waals surface area contributed by atoms with E-state index in [1.807, 2.05) is 38.4 Å². The first kappa shape index (κ1) is 28.9. The van der Waals surface area contributed by atoms with Gasteiger partial charge in [0.15, 0.2) is 11.5 Å². The van der Waals surface area contributed by atoms with E-state index in [4.69, 9.17) is 4.98 Å². The van der Waals surface area contributed by atoms with Crippen LogP contribution in [-0.4, -0.2) is 73.1 Å². The van der Waals surface area contributed by atoms with E-state index >= 15 is 0 Å². The average molecular weight is 593 g/mol. The second kappa shape index (κ2) is 12.6. The summed E-state index contributed by atoms with van der Waals surface area (Å²) in [6, 6.07) is 10.5. The topological polar surface area (TPSA) is 140 Å². The van der Waals surface area contributed by atoms with Crippen molar-refractivity contribution in [1.29, 1.82) is 0 Å². The third-order valence-electron chi connectivity index (χ3n) is 7.21. The second-order valence-corrected chi connectivity index (χ2v) is 10.9. The molecule has 0 atom stereocenters. The lowest BCUT2D eigenvalue weighted by molar-refractivity contribution is -0.116. The van der Waals surface area contributed by atoms with Crippen molar-refractivity contribution in [2.45, 2.75) is 26.2 Å². The first-order valence-electron chi connectivity index (χ1n) is 14.5. The molecule has 6 aromatic rings.